The number of hydrogen-bond donors (Lipinski definition) is 0. The second kappa shape index (κ2) is 4.73. The van der Waals surface area contributed by atoms with Crippen molar-refractivity contribution in [1.29, 1.82) is 0 Å². The molecule has 1 radical (unpaired) electrons. The molecule has 1 nitrogen and oxygen atoms in total. The molecule has 0 bridgehead atoms. The fourth-order valence-electron chi connectivity index (χ4n) is 1.60. The van der Waals surface area contributed by atoms with Crippen molar-refractivity contribution < 1.29 is 0 Å². The molecule has 0 saturated carbocycles. The Balaban J connectivity index is 0.000001000. The van der Waals surface area contributed by atoms with Crippen LogP contribution in [-0.2, 0) is 0 Å². The summed E-state index contributed by atoms with van der Waals surface area (Å²) in [5.74, 6) is 1.65. The van der Waals surface area contributed by atoms with Crippen molar-refractivity contribution in [2.75, 3.05) is 20.1 Å². The summed E-state index contributed by atoms with van der Waals surface area (Å²) < 4.78 is 0. The summed E-state index contributed by atoms with van der Waals surface area (Å²) >= 11 is 0. The fourth-order valence-corrected chi connectivity index (χ4v) is 1.60. The molecule has 0 aromatic rings. The van der Waals surface area contributed by atoms with Crippen LogP contribution in [0.4, 0.5) is 0 Å². The molecule has 75 valence electrons. The third-order valence-electron chi connectivity index (χ3n) is 2.18. The molecule has 0 N–H and O–H groups in total. The van der Waals surface area contributed by atoms with E-state index in [1.54, 1.807) is 5.92 Å². The van der Waals surface area contributed by atoms with Crippen LogP contribution in [0.1, 0.15) is 32.6 Å². The zero-order chi connectivity index (χ0) is 7.40. The van der Waals surface area contributed by atoms with E-state index in [0.717, 1.165) is 0 Å². The monoisotopic (exact) mass is 402 g/mol. The molecule has 0 atom stereocenters. The van der Waals surface area contributed by atoms with Gasteiger partial charge in [-0.3, -0.25) is 0 Å². The molecule has 0 aliphatic carbocycles. The van der Waals surface area contributed by atoms with E-state index in [9.17, 15) is 0 Å². The van der Waals surface area contributed by atoms with Crippen LogP contribution >= 0.6 is 0 Å². The molecule has 0 aromatic carbocycles. The quantitative estimate of drug-likeness (QED) is 0.561. The molecule has 1 heterocycles. The first-order valence-corrected chi connectivity index (χ1v) is 4.29. The predicted octanol–water partition coefficient (Wildman–Crippen LogP) is 2.09. The topological polar surface area (TPSA) is 3.24 Å². The Morgan fingerprint density at radius 2 is 1.91 bits per heavy atom. The van der Waals surface area contributed by atoms with E-state index in [0.29, 0.717) is 0 Å². The molecule has 1 rings (SSSR count). The average molecular weight is 402 g/mol. The minimum atomic E-state index is 0. The number of hydrogen-bond acceptors (Lipinski definition) is 1. The Morgan fingerprint density at radius 1 is 1.18 bits per heavy atom. The molecular weight excluding hydrogens is 384 g/mol. The Kier molecular flexibility index (Phi) is 4.28. The standard InChI is InChI=1S/C9H18N.Lr/c1-9-6-4-3-5-7-10(2)8-9;/h3-8H2,1-2H3;/q-1;. The summed E-state index contributed by atoms with van der Waals surface area (Å²) in [4.78, 5) is 2.43. The van der Waals surface area contributed by atoms with E-state index in [1.165, 1.54) is 38.8 Å². The molecule has 0 spiro atoms. The van der Waals surface area contributed by atoms with Crippen molar-refractivity contribution in [2.24, 2.45) is 0 Å². The van der Waals surface area contributed by atoms with Crippen molar-refractivity contribution in [3.8, 4) is 0 Å². The van der Waals surface area contributed by atoms with E-state index in [1.807, 2.05) is 0 Å². The van der Waals surface area contributed by atoms with E-state index in [-0.39, 0.29) is 0 Å². The number of rotatable bonds is 0. The SMILES string of the molecule is C[C-]1CCCCCN(C)C1.[Lr]. The van der Waals surface area contributed by atoms with Crippen molar-refractivity contribution in [3.05, 3.63) is 5.92 Å². The summed E-state index contributed by atoms with van der Waals surface area (Å²) in [5.41, 5.74) is 0. The van der Waals surface area contributed by atoms with Crippen LogP contribution in [-0.4, -0.2) is 25.0 Å². The Labute approximate surface area is 64.4 Å². The van der Waals surface area contributed by atoms with Gasteiger partial charge in [0.25, 0.3) is 0 Å². The fraction of sp³-hybridized carbons (Fsp3) is 0.889. The summed E-state index contributed by atoms with van der Waals surface area (Å²) in [7, 11) is 2.22. The maximum atomic E-state index is 2.43. The molecule has 1 saturated heterocycles. The summed E-state index contributed by atoms with van der Waals surface area (Å²) in [5, 5.41) is 0. The maximum absolute atomic E-state index is 2.43. The minimum absolute atomic E-state index is 0. The van der Waals surface area contributed by atoms with E-state index < -0.39 is 0 Å². The van der Waals surface area contributed by atoms with Gasteiger partial charge in [0.1, 0.15) is 0 Å². The van der Waals surface area contributed by atoms with E-state index >= 15 is 0 Å². The van der Waals surface area contributed by atoms with Gasteiger partial charge in [0.15, 0.2) is 0 Å². The molecule has 0 aromatic heterocycles. The molecule has 11 heavy (non-hydrogen) atoms. The van der Waals surface area contributed by atoms with Gasteiger partial charge in [0.2, 0.25) is 0 Å². The molecule has 0 unspecified atom stereocenters. The van der Waals surface area contributed by atoms with Gasteiger partial charge in [-0.25, -0.2) is 0 Å². The summed E-state index contributed by atoms with van der Waals surface area (Å²) in [6.07, 6.45) is 5.58. The summed E-state index contributed by atoms with van der Waals surface area (Å²) in [6, 6.07) is 0. The minimum Gasteiger partial charge on any atom is -0.335 e. The van der Waals surface area contributed by atoms with Crippen molar-refractivity contribution in [1.82, 2.24) is 4.90 Å². The normalized spacial score (nSPS) is 23.5. The Morgan fingerprint density at radius 3 is 2.64 bits per heavy atom. The van der Waals surface area contributed by atoms with Crippen molar-refractivity contribution >= 4 is 0 Å². The summed E-state index contributed by atoms with van der Waals surface area (Å²) in [6.45, 7) is 4.79. The van der Waals surface area contributed by atoms with Crippen LogP contribution in [0.2, 0.25) is 0 Å². The number of likely N-dealkylation sites (tertiary alicyclic amines) is 1. The van der Waals surface area contributed by atoms with Gasteiger partial charge in [0.05, 0.1) is 0 Å². The first kappa shape index (κ1) is 9.96. The Bertz CT molecular complexity index is 85.6. The van der Waals surface area contributed by atoms with E-state index in [2.05, 4.69) is 18.9 Å². The third-order valence-corrected chi connectivity index (χ3v) is 2.18. The second-order valence-corrected chi connectivity index (χ2v) is 3.51. The van der Waals surface area contributed by atoms with Crippen LogP contribution in [0.15, 0.2) is 0 Å². The van der Waals surface area contributed by atoms with Crippen LogP contribution in [0.25, 0.3) is 0 Å². The van der Waals surface area contributed by atoms with Crippen LogP contribution in [0, 0.1) is 5.92 Å². The van der Waals surface area contributed by atoms with Gasteiger partial charge in [0, 0.05) is 0 Å². The van der Waals surface area contributed by atoms with Crippen LogP contribution in [0.3, 0.4) is 0 Å². The van der Waals surface area contributed by atoms with Crippen molar-refractivity contribution in [2.45, 2.75) is 32.6 Å². The van der Waals surface area contributed by atoms with Gasteiger partial charge in [-0.05, 0) is 20.0 Å². The average Bonchev–Trinajstić information content (AvgIpc) is 1.83. The van der Waals surface area contributed by atoms with Crippen LogP contribution in [0.5, 0.6) is 0 Å². The van der Waals surface area contributed by atoms with Gasteiger partial charge in [-0.15, -0.1) is 6.54 Å². The maximum Gasteiger partial charge on any atom is 0 e. The smallest absolute Gasteiger partial charge is 0 e. The molecule has 2 heteroatoms. The molecule has 1 aliphatic heterocycles. The molecular formula is C9H18LrN-. The first-order valence-electron chi connectivity index (χ1n) is 4.29. The van der Waals surface area contributed by atoms with Gasteiger partial charge in [-0.1, -0.05) is 12.8 Å². The van der Waals surface area contributed by atoms with Crippen LogP contribution < -0.4 is 0 Å². The van der Waals surface area contributed by atoms with Gasteiger partial charge >= 0.3 is 0 Å². The van der Waals surface area contributed by atoms with Gasteiger partial charge < -0.3 is 10.8 Å². The zero-order valence-electron chi connectivity index (χ0n) is 7.45. The third kappa shape index (κ3) is 3.61. The first-order chi connectivity index (χ1) is 4.79. The molecule has 1 aliphatic rings. The second-order valence-electron chi connectivity index (χ2n) is 3.51. The Hall–Kier alpha value is -1.04. The van der Waals surface area contributed by atoms with Crippen molar-refractivity contribution in [3.63, 3.8) is 0 Å². The van der Waals surface area contributed by atoms with E-state index in [4.69, 9.17) is 0 Å². The zero-order valence-corrected chi connectivity index (χ0v) is 9.60. The number of nitrogens with zero attached hydrogens (tertiary/aromatic N) is 1. The predicted molar refractivity (Wildman–Crippen MR) is 44.9 cm³/mol. The molecule has 1 fully saturated rings. The molecule has 0 amide bonds. The largest absolute Gasteiger partial charge is 0.335 e. The van der Waals surface area contributed by atoms with Gasteiger partial charge in [-0.2, -0.15) is 13.3 Å².